The van der Waals surface area contributed by atoms with Crippen molar-refractivity contribution in [2.75, 3.05) is 5.32 Å². The Labute approximate surface area is 178 Å². The van der Waals surface area contributed by atoms with Gasteiger partial charge in [-0.15, -0.1) is 0 Å². The van der Waals surface area contributed by atoms with Crippen LogP contribution in [-0.4, -0.2) is 27.9 Å². The van der Waals surface area contributed by atoms with Crippen LogP contribution >= 0.6 is 0 Å². The van der Waals surface area contributed by atoms with Gasteiger partial charge in [0.25, 0.3) is 11.5 Å². The van der Waals surface area contributed by atoms with Crippen LogP contribution in [0.2, 0.25) is 0 Å². The molecule has 3 aromatic carbocycles. The van der Waals surface area contributed by atoms with Gasteiger partial charge in [0.1, 0.15) is 5.82 Å². The molecule has 4 aromatic rings. The molecular formula is C24H21N3O4. The highest BCUT2D eigenvalue weighted by molar-refractivity contribution is 6.03. The molecule has 7 nitrogen and oxygen atoms in total. The second kappa shape index (κ2) is 8.79. The lowest BCUT2D eigenvalue weighted by Crippen LogP contribution is -2.30. The van der Waals surface area contributed by atoms with Crippen molar-refractivity contribution in [2.45, 2.75) is 25.9 Å². The summed E-state index contributed by atoms with van der Waals surface area (Å²) in [7, 11) is 0. The molecule has 156 valence electrons. The third-order valence-corrected chi connectivity index (χ3v) is 4.95. The second-order valence-corrected chi connectivity index (χ2v) is 7.18. The molecule has 0 fully saturated rings. The number of nitrogens with zero attached hydrogens (tertiary/aromatic N) is 1. The predicted molar refractivity (Wildman–Crippen MR) is 119 cm³/mol. The van der Waals surface area contributed by atoms with Crippen molar-refractivity contribution in [3.05, 3.63) is 82.9 Å². The predicted octanol–water partition coefficient (Wildman–Crippen LogP) is 3.58. The van der Waals surface area contributed by atoms with Gasteiger partial charge in [0.15, 0.2) is 6.10 Å². The number of ether oxygens (including phenoxy) is 1. The first kappa shape index (κ1) is 20.3. The first-order valence-corrected chi connectivity index (χ1v) is 9.97. The summed E-state index contributed by atoms with van der Waals surface area (Å²) in [5.74, 6) is -0.563. The van der Waals surface area contributed by atoms with Gasteiger partial charge in [0, 0.05) is 17.5 Å². The Bertz CT molecular complexity index is 1320. The van der Waals surface area contributed by atoms with Gasteiger partial charge in [-0.25, -0.2) is 4.98 Å². The summed E-state index contributed by atoms with van der Waals surface area (Å²) in [4.78, 5) is 43.9. The van der Waals surface area contributed by atoms with Gasteiger partial charge in [0.05, 0.1) is 17.3 Å². The van der Waals surface area contributed by atoms with Crippen LogP contribution in [0.1, 0.15) is 19.2 Å². The molecule has 1 aromatic heterocycles. The van der Waals surface area contributed by atoms with E-state index in [2.05, 4.69) is 15.3 Å². The molecule has 0 unspecified atom stereocenters. The maximum Gasteiger partial charge on any atom is 0.307 e. The molecule has 31 heavy (non-hydrogen) atoms. The van der Waals surface area contributed by atoms with E-state index in [1.54, 1.807) is 30.3 Å². The Kier molecular flexibility index (Phi) is 5.75. The summed E-state index contributed by atoms with van der Waals surface area (Å²) in [5, 5.41) is 5.22. The fourth-order valence-corrected chi connectivity index (χ4v) is 3.35. The van der Waals surface area contributed by atoms with Gasteiger partial charge < -0.3 is 15.0 Å². The van der Waals surface area contributed by atoms with Crippen LogP contribution in [-0.2, 0) is 20.7 Å². The van der Waals surface area contributed by atoms with Gasteiger partial charge in [-0.3, -0.25) is 14.4 Å². The van der Waals surface area contributed by atoms with Crippen molar-refractivity contribution in [2.24, 2.45) is 0 Å². The summed E-state index contributed by atoms with van der Waals surface area (Å²) < 4.78 is 5.27. The van der Waals surface area contributed by atoms with Crippen LogP contribution < -0.4 is 10.9 Å². The number of aryl methyl sites for hydroxylation is 1. The number of hydrogen-bond donors (Lipinski definition) is 2. The molecule has 4 rings (SSSR count). The van der Waals surface area contributed by atoms with Gasteiger partial charge >= 0.3 is 5.97 Å². The van der Waals surface area contributed by atoms with E-state index in [1.165, 1.54) is 6.92 Å². The largest absolute Gasteiger partial charge is 0.453 e. The van der Waals surface area contributed by atoms with Crippen molar-refractivity contribution >= 4 is 39.2 Å². The Morgan fingerprint density at radius 3 is 2.55 bits per heavy atom. The molecule has 0 radical (unpaired) electrons. The van der Waals surface area contributed by atoms with E-state index < -0.39 is 18.0 Å². The van der Waals surface area contributed by atoms with Crippen molar-refractivity contribution < 1.29 is 14.3 Å². The molecule has 1 atom stereocenters. The Morgan fingerprint density at radius 2 is 1.71 bits per heavy atom. The molecule has 2 N–H and O–H groups in total. The number of benzene rings is 3. The molecule has 0 aliphatic carbocycles. The van der Waals surface area contributed by atoms with E-state index in [4.69, 9.17) is 4.74 Å². The van der Waals surface area contributed by atoms with Crippen LogP contribution in [0.4, 0.5) is 5.69 Å². The highest BCUT2D eigenvalue weighted by Gasteiger charge is 2.19. The summed E-state index contributed by atoms with van der Waals surface area (Å²) in [5.41, 5.74) is 0.971. The van der Waals surface area contributed by atoms with Crippen LogP contribution in [0.3, 0.4) is 0 Å². The highest BCUT2D eigenvalue weighted by Crippen LogP contribution is 2.23. The van der Waals surface area contributed by atoms with Crippen molar-refractivity contribution in [3.63, 3.8) is 0 Å². The standard InChI is InChI=1S/C24H21N3O4/c1-15(23(29)26-19-12-6-8-16-7-2-3-9-17(16)19)31-22(28)14-13-21-25-20-11-5-4-10-18(20)24(30)27-21/h2-12,15H,13-14H2,1H3,(H,26,29)(H,25,27,30)/t15-/m0/s1. The molecule has 0 saturated heterocycles. The lowest BCUT2D eigenvalue weighted by atomic mass is 10.1. The smallest absolute Gasteiger partial charge is 0.307 e. The summed E-state index contributed by atoms with van der Waals surface area (Å²) in [6.45, 7) is 1.52. The number of esters is 1. The third-order valence-electron chi connectivity index (χ3n) is 4.95. The number of hydrogen-bond acceptors (Lipinski definition) is 5. The highest BCUT2D eigenvalue weighted by atomic mass is 16.5. The Morgan fingerprint density at radius 1 is 1.00 bits per heavy atom. The topological polar surface area (TPSA) is 101 Å². The molecule has 0 aliphatic rings. The van der Waals surface area contributed by atoms with Gasteiger partial charge in [0.2, 0.25) is 0 Å². The van der Waals surface area contributed by atoms with Crippen molar-refractivity contribution in [1.29, 1.82) is 0 Å². The number of amides is 1. The number of carbonyl (C=O) groups is 2. The minimum atomic E-state index is -0.963. The molecular weight excluding hydrogens is 394 g/mol. The fourth-order valence-electron chi connectivity index (χ4n) is 3.35. The van der Waals surface area contributed by atoms with E-state index in [9.17, 15) is 14.4 Å². The van der Waals surface area contributed by atoms with Crippen molar-refractivity contribution in [1.82, 2.24) is 9.97 Å². The number of carbonyl (C=O) groups excluding carboxylic acids is 2. The minimum Gasteiger partial charge on any atom is -0.453 e. The minimum absolute atomic E-state index is 0.00678. The summed E-state index contributed by atoms with van der Waals surface area (Å²) >= 11 is 0. The van der Waals surface area contributed by atoms with E-state index in [0.29, 0.717) is 22.4 Å². The van der Waals surface area contributed by atoms with Crippen LogP contribution in [0.25, 0.3) is 21.7 Å². The number of rotatable bonds is 6. The zero-order chi connectivity index (χ0) is 21.8. The molecule has 0 spiro atoms. The molecule has 1 amide bonds. The fraction of sp³-hybridized carbons (Fsp3) is 0.167. The zero-order valence-electron chi connectivity index (χ0n) is 16.9. The first-order valence-electron chi connectivity index (χ1n) is 9.97. The molecule has 0 saturated carbocycles. The second-order valence-electron chi connectivity index (χ2n) is 7.18. The zero-order valence-corrected chi connectivity index (χ0v) is 16.9. The number of fused-ring (bicyclic) bond motifs is 2. The number of para-hydroxylation sites is 1. The SMILES string of the molecule is C[C@H](OC(=O)CCc1nc2ccccc2c(=O)[nH]1)C(=O)Nc1cccc2ccccc12. The number of aromatic amines is 1. The number of nitrogens with one attached hydrogen (secondary N) is 2. The van der Waals surface area contributed by atoms with Gasteiger partial charge in [-0.05, 0) is 30.5 Å². The monoisotopic (exact) mass is 415 g/mol. The van der Waals surface area contributed by atoms with Crippen LogP contribution in [0.15, 0.2) is 71.5 Å². The number of H-pyrrole nitrogens is 1. The van der Waals surface area contributed by atoms with Crippen molar-refractivity contribution in [3.8, 4) is 0 Å². The maximum absolute atomic E-state index is 12.5. The first-order chi connectivity index (χ1) is 15.0. The molecule has 0 aliphatic heterocycles. The maximum atomic E-state index is 12.5. The van der Waals surface area contributed by atoms with E-state index in [1.807, 2.05) is 36.4 Å². The Hall–Kier alpha value is -4.00. The lowest BCUT2D eigenvalue weighted by molar-refractivity contribution is -0.153. The molecule has 1 heterocycles. The Balaban J connectivity index is 1.36. The quantitative estimate of drug-likeness (QED) is 0.469. The number of anilines is 1. The van der Waals surface area contributed by atoms with Gasteiger partial charge in [-0.2, -0.15) is 0 Å². The van der Waals surface area contributed by atoms with E-state index in [0.717, 1.165) is 10.8 Å². The molecule has 0 bridgehead atoms. The average Bonchev–Trinajstić information content (AvgIpc) is 2.78. The average molecular weight is 415 g/mol. The summed E-state index contributed by atoms with van der Waals surface area (Å²) in [6.07, 6.45) is -0.765. The van der Waals surface area contributed by atoms with E-state index >= 15 is 0 Å². The van der Waals surface area contributed by atoms with Gasteiger partial charge in [-0.1, -0.05) is 48.5 Å². The van der Waals surface area contributed by atoms with E-state index in [-0.39, 0.29) is 18.4 Å². The number of aromatic nitrogens is 2. The van der Waals surface area contributed by atoms with Crippen LogP contribution in [0, 0.1) is 0 Å². The lowest BCUT2D eigenvalue weighted by Gasteiger charge is -2.14. The summed E-state index contributed by atoms with van der Waals surface area (Å²) in [6, 6.07) is 20.3. The third kappa shape index (κ3) is 4.61. The molecule has 7 heteroatoms. The van der Waals surface area contributed by atoms with Crippen LogP contribution in [0.5, 0.6) is 0 Å². The normalized spacial score (nSPS) is 11.9.